The van der Waals surface area contributed by atoms with Gasteiger partial charge >= 0.3 is 5.66 Å². The van der Waals surface area contributed by atoms with E-state index in [9.17, 15) is 26.0 Å². The van der Waals surface area contributed by atoms with Crippen LogP contribution in [0.4, 0.5) is 17.6 Å². The monoisotopic (exact) mass is 416 g/mol. The second-order valence-corrected chi connectivity index (χ2v) is 8.58. The number of hydrogen-bond donors (Lipinski definition) is 0. The maximum absolute atomic E-state index is 13.7. The molecule has 27 heavy (non-hydrogen) atoms. The van der Waals surface area contributed by atoms with Crippen molar-refractivity contribution >= 4 is 19.1 Å². The van der Waals surface area contributed by atoms with Gasteiger partial charge in [0.1, 0.15) is 11.5 Å². The Bertz CT molecular complexity index is 1110. The van der Waals surface area contributed by atoms with Crippen LogP contribution in [0.15, 0.2) is 53.6 Å². The molecule has 1 atom stereocenters. The lowest BCUT2D eigenvalue weighted by Crippen LogP contribution is -2.02. The molecule has 0 aliphatic rings. The SMILES string of the molecule is CS(=O)(=O)c1ccc(-n2cc(C(F)(F)P)nc2-c2ccc(F)c(F)c2)cc1. The normalized spacial score (nSPS) is 12.4. The van der Waals surface area contributed by atoms with Crippen LogP contribution in [-0.4, -0.2) is 24.2 Å². The summed E-state index contributed by atoms with van der Waals surface area (Å²) in [7, 11) is -2.07. The van der Waals surface area contributed by atoms with Crippen LogP contribution < -0.4 is 0 Å². The molecule has 0 amide bonds. The number of aromatic nitrogens is 2. The average Bonchev–Trinajstić information content (AvgIpc) is 3.02. The minimum absolute atomic E-state index is 0.0434. The molecule has 10 heteroatoms. The van der Waals surface area contributed by atoms with E-state index < -0.39 is 32.8 Å². The van der Waals surface area contributed by atoms with Gasteiger partial charge in [-0.05, 0) is 42.5 Å². The molecule has 0 spiro atoms. The van der Waals surface area contributed by atoms with E-state index in [1.165, 1.54) is 44.1 Å². The second-order valence-electron chi connectivity index (χ2n) is 5.84. The Morgan fingerprint density at radius 2 is 1.67 bits per heavy atom. The lowest BCUT2D eigenvalue weighted by atomic mass is 10.2. The summed E-state index contributed by atoms with van der Waals surface area (Å²) in [6.45, 7) is 0. The predicted molar refractivity (Wildman–Crippen MR) is 95.6 cm³/mol. The van der Waals surface area contributed by atoms with Crippen LogP contribution in [0.25, 0.3) is 17.1 Å². The van der Waals surface area contributed by atoms with Crippen LogP contribution in [0.1, 0.15) is 5.69 Å². The van der Waals surface area contributed by atoms with Crippen molar-refractivity contribution in [1.82, 2.24) is 9.55 Å². The average molecular weight is 416 g/mol. The Hall–Kier alpha value is -2.25. The highest BCUT2D eigenvalue weighted by Gasteiger charge is 2.30. The van der Waals surface area contributed by atoms with E-state index in [2.05, 4.69) is 4.98 Å². The maximum atomic E-state index is 13.7. The van der Waals surface area contributed by atoms with Crippen molar-refractivity contribution in [2.75, 3.05) is 6.26 Å². The van der Waals surface area contributed by atoms with E-state index in [-0.39, 0.29) is 16.3 Å². The molecule has 2 aromatic carbocycles. The summed E-state index contributed by atoms with van der Waals surface area (Å²) in [6.07, 6.45) is 2.10. The maximum Gasteiger partial charge on any atom is 0.301 e. The third kappa shape index (κ3) is 4.04. The fraction of sp³-hybridized carbons (Fsp3) is 0.118. The van der Waals surface area contributed by atoms with Crippen LogP contribution in [0.3, 0.4) is 0 Å². The zero-order chi connectivity index (χ0) is 20.0. The highest BCUT2D eigenvalue weighted by atomic mass is 32.2. The largest absolute Gasteiger partial charge is 0.301 e. The van der Waals surface area contributed by atoms with Gasteiger partial charge < -0.3 is 0 Å². The molecule has 1 heterocycles. The molecule has 3 aromatic rings. The molecule has 0 saturated carbocycles. The molecular weight excluding hydrogens is 403 g/mol. The van der Waals surface area contributed by atoms with E-state index >= 15 is 0 Å². The van der Waals surface area contributed by atoms with Gasteiger partial charge in [-0.2, -0.15) is 8.78 Å². The number of halogens is 4. The number of imidazole rings is 1. The van der Waals surface area contributed by atoms with Crippen molar-refractivity contribution in [3.8, 4) is 17.1 Å². The van der Waals surface area contributed by atoms with Gasteiger partial charge in [0.15, 0.2) is 21.5 Å². The molecule has 0 aliphatic heterocycles. The molecule has 1 unspecified atom stereocenters. The first kappa shape index (κ1) is 19.5. The van der Waals surface area contributed by atoms with Gasteiger partial charge in [-0.25, -0.2) is 22.2 Å². The Kier molecular flexibility index (Phi) is 4.86. The standard InChI is InChI=1S/C17H13F4N2O2PS/c1-27(24,25)12-5-3-11(4-6-12)23-9-15(17(20,21)26)22-16(23)10-2-7-13(18)14(19)8-10/h2-9H,26H2,1H3. The molecule has 0 fully saturated rings. The highest BCUT2D eigenvalue weighted by molar-refractivity contribution is 7.90. The van der Waals surface area contributed by atoms with Crippen LogP contribution in [0.2, 0.25) is 0 Å². The molecule has 0 aliphatic carbocycles. The van der Waals surface area contributed by atoms with Gasteiger partial charge in [0.2, 0.25) is 0 Å². The molecule has 142 valence electrons. The zero-order valence-corrected chi connectivity index (χ0v) is 15.8. The lowest BCUT2D eigenvalue weighted by Gasteiger charge is -2.09. The summed E-state index contributed by atoms with van der Waals surface area (Å²) < 4.78 is 78.6. The molecule has 0 N–H and O–H groups in total. The van der Waals surface area contributed by atoms with Crippen molar-refractivity contribution < 1.29 is 26.0 Å². The second kappa shape index (κ2) is 6.73. The lowest BCUT2D eigenvalue weighted by molar-refractivity contribution is 0.0991. The summed E-state index contributed by atoms with van der Waals surface area (Å²) in [5, 5.41) is 0. The summed E-state index contributed by atoms with van der Waals surface area (Å²) in [6, 6.07) is 8.39. The third-order valence-corrected chi connectivity index (χ3v) is 5.19. The van der Waals surface area contributed by atoms with Crippen molar-refractivity contribution in [2.24, 2.45) is 0 Å². The molecule has 0 radical (unpaired) electrons. The van der Waals surface area contributed by atoms with Crippen LogP contribution in [0, 0.1) is 11.6 Å². The number of alkyl halides is 2. The van der Waals surface area contributed by atoms with Gasteiger partial charge in [-0.1, -0.05) is 9.24 Å². The summed E-state index contributed by atoms with van der Waals surface area (Å²) in [4.78, 5) is 3.91. The fourth-order valence-corrected chi connectivity index (χ4v) is 3.20. The van der Waals surface area contributed by atoms with Gasteiger partial charge in [0.05, 0.1) is 4.90 Å². The van der Waals surface area contributed by atoms with Crippen molar-refractivity contribution in [3.63, 3.8) is 0 Å². The van der Waals surface area contributed by atoms with Crippen LogP contribution >= 0.6 is 9.24 Å². The van der Waals surface area contributed by atoms with E-state index in [4.69, 9.17) is 0 Å². The Morgan fingerprint density at radius 3 is 2.19 bits per heavy atom. The van der Waals surface area contributed by atoms with Crippen LogP contribution in [0.5, 0.6) is 0 Å². The summed E-state index contributed by atoms with van der Waals surface area (Å²) in [5.74, 6) is -2.27. The van der Waals surface area contributed by atoms with E-state index in [0.29, 0.717) is 5.69 Å². The van der Waals surface area contributed by atoms with Crippen LogP contribution in [-0.2, 0) is 15.5 Å². The first-order valence-corrected chi connectivity index (χ1v) is 9.96. The first-order chi connectivity index (χ1) is 12.5. The minimum atomic E-state index is -3.43. The molecular formula is C17H13F4N2O2PS. The van der Waals surface area contributed by atoms with Gasteiger partial charge in [-0.3, -0.25) is 4.57 Å². The third-order valence-electron chi connectivity index (χ3n) is 3.77. The Morgan fingerprint density at radius 1 is 1.04 bits per heavy atom. The minimum Gasteiger partial charge on any atom is -0.299 e. The zero-order valence-electron chi connectivity index (χ0n) is 13.8. The van der Waals surface area contributed by atoms with Crippen molar-refractivity contribution in [1.29, 1.82) is 0 Å². The van der Waals surface area contributed by atoms with Gasteiger partial charge in [0.25, 0.3) is 0 Å². The topological polar surface area (TPSA) is 52.0 Å². The highest BCUT2D eigenvalue weighted by Crippen LogP contribution is 2.36. The number of rotatable bonds is 4. The molecule has 3 rings (SSSR count). The van der Waals surface area contributed by atoms with E-state index in [1.807, 2.05) is 0 Å². The Balaban J connectivity index is 2.19. The molecule has 0 saturated heterocycles. The first-order valence-electron chi connectivity index (χ1n) is 7.49. The number of hydrogen-bond acceptors (Lipinski definition) is 3. The fourth-order valence-electron chi connectivity index (χ4n) is 2.43. The summed E-state index contributed by atoms with van der Waals surface area (Å²) >= 11 is 0. The number of benzene rings is 2. The van der Waals surface area contributed by atoms with Crippen molar-refractivity contribution in [3.05, 3.63) is 66.0 Å². The van der Waals surface area contributed by atoms with Crippen molar-refractivity contribution in [2.45, 2.75) is 10.6 Å². The van der Waals surface area contributed by atoms with E-state index in [0.717, 1.165) is 24.6 Å². The molecule has 1 aromatic heterocycles. The molecule has 4 nitrogen and oxygen atoms in total. The quantitative estimate of drug-likeness (QED) is 0.475. The van der Waals surface area contributed by atoms with Gasteiger partial charge in [-0.15, -0.1) is 0 Å². The number of nitrogens with zero attached hydrogens (tertiary/aromatic N) is 2. The smallest absolute Gasteiger partial charge is 0.299 e. The Labute approximate surface area is 155 Å². The van der Waals surface area contributed by atoms with E-state index in [1.54, 1.807) is 0 Å². The van der Waals surface area contributed by atoms with Gasteiger partial charge in [0, 0.05) is 23.7 Å². The molecule has 0 bridgehead atoms. The summed E-state index contributed by atoms with van der Waals surface area (Å²) in [5.41, 5.74) is -3.53. The number of sulfone groups is 1. The predicted octanol–water partition coefficient (Wildman–Crippen LogP) is 4.15.